The van der Waals surface area contributed by atoms with Crippen molar-refractivity contribution < 1.29 is 14.3 Å². The Morgan fingerprint density at radius 1 is 1.21 bits per heavy atom. The third kappa shape index (κ3) is 1.87. The average molecular weight is 259 g/mol. The molecule has 4 heteroatoms. The summed E-state index contributed by atoms with van der Waals surface area (Å²) in [5.41, 5.74) is 3.36. The highest BCUT2D eigenvalue weighted by molar-refractivity contribution is 6.22. The van der Waals surface area contributed by atoms with Crippen molar-refractivity contribution in [1.29, 1.82) is 0 Å². The molecule has 0 radical (unpaired) electrons. The standard InChI is InChI=1S/C15H17NO3/c1-3-9-5-6-12-13(11(9)4-2)15(18)16(14(12)17)7-10-8-19-10/h5-6,10H,3-4,7-8H2,1-2H3/t10-/m1/s1. The zero-order valence-corrected chi connectivity index (χ0v) is 11.2. The Bertz CT molecular complexity index is 561. The van der Waals surface area contributed by atoms with Gasteiger partial charge in [0.05, 0.1) is 30.4 Å². The van der Waals surface area contributed by atoms with E-state index < -0.39 is 0 Å². The maximum absolute atomic E-state index is 12.5. The van der Waals surface area contributed by atoms with Crippen LogP contribution in [0.1, 0.15) is 45.7 Å². The van der Waals surface area contributed by atoms with E-state index in [4.69, 9.17) is 4.74 Å². The van der Waals surface area contributed by atoms with Crippen LogP contribution in [0.2, 0.25) is 0 Å². The fraction of sp³-hybridized carbons (Fsp3) is 0.467. The molecule has 1 aromatic rings. The van der Waals surface area contributed by atoms with E-state index in [0.717, 1.165) is 24.0 Å². The Balaban J connectivity index is 2.05. The molecule has 0 aliphatic carbocycles. The molecule has 1 saturated heterocycles. The molecule has 2 heterocycles. The molecule has 3 rings (SSSR count). The first kappa shape index (κ1) is 12.4. The quantitative estimate of drug-likeness (QED) is 0.612. The van der Waals surface area contributed by atoms with Gasteiger partial charge in [-0.15, -0.1) is 0 Å². The number of imide groups is 1. The molecule has 0 aromatic heterocycles. The van der Waals surface area contributed by atoms with Gasteiger partial charge in [0, 0.05) is 0 Å². The Morgan fingerprint density at radius 2 is 1.95 bits per heavy atom. The van der Waals surface area contributed by atoms with Crippen molar-refractivity contribution in [2.24, 2.45) is 0 Å². The lowest BCUT2D eigenvalue weighted by Crippen LogP contribution is -2.33. The van der Waals surface area contributed by atoms with Gasteiger partial charge >= 0.3 is 0 Å². The number of carbonyl (C=O) groups excluding carboxylic acids is 2. The van der Waals surface area contributed by atoms with Crippen molar-refractivity contribution in [1.82, 2.24) is 4.90 Å². The molecular formula is C15H17NO3. The van der Waals surface area contributed by atoms with Crippen LogP contribution in [0.4, 0.5) is 0 Å². The number of amides is 2. The first-order chi connectivity index (χ1) is 9.17. The average Bonchev–Trinajstić information content (AvgIpc) is 3.21. The van der Waals surface area contributed by atoms with Crippen molar-refractivity contribution in [3.05, 3.63) is 34.4 Å². The monoisotopic (exact) mass is 259 g/mol. The molecule has 19 heavy (non-hydrogen) atoms. The summed E-state index contributed by atoms with van der Waals surface area (Å²) in [4.78, 5) is 26.1. The summed E-state index contributed by atoms with van der Waals surface area (Å²) in [6.45, 7) is 5.13. The van der Waals surface area contributed by atoms with Gasteiger partial charge in [-0.05, 0) is 30.0 Å². The number of hydrogen-bond donors (Lipinski definition) is 0. The molecule has 0 bridgehead atoms. The lowest BCUT2D eigenvalue weighted by Gasteiger charge is -2.12. The zero-order valence-electron chi connectivity index (χ0n) is 11.2. The van der Waals surface area contributed by atoms with Crippen molar-refractivity contribution in [2.45, 2.75) is 32.8 Å². The summed E-state index contributed by atoms with van der Waals surface area (Å²) in [5.74, 6) is -0.324. The Hall–Kier alpha value is -1.68. The molecule has 0 spiro atoms. The number of fused-ring (bicyclic) bond motifs is 1. The SMILES string of the molecule is CCc1ccc2c(c1CC)C(=O)N(C[C@@H]1CO1)C2=O. The molecule has 2 aliphatic heterocycles. The van der Waals surface area contributed by atoms with E-state index in [1.54, 1.807) is 6.07 Å². The van der Waals surface area contributed by atoms with Gasteiger partial charge in [0.15, 0.2) is 0 Å². The van der Waals surface area contributed by atoms with E-state index >= 15 is 0 Å². The van der Waals surface area contributed by atoms with Crippen LogP contribution in [0.5, 0.6) is 0 Å². The van der Waals surface area contributed by atoms with Crippen LogP contribution in [0.15, 0.2) is 12.1 Å². The largest absolute Gasteiger partial charge is 0.371 e. The second-order valence-corrected chi connectivity index (χ2v) is 5.01. The first-order valence-electron chi connectivity index (χ1n) is 6.79. The topological polar surface area (TPSA) is 49.9 Å². The summed E-state index contributed by atoms with van der Waals surface area (Å²) in [6, 6.07) is 3.77. The number of carbonyl (C=O) groups is 2. The van der Waals surface area contributed by atoms with E-state index in [0.29, 0.717) is 24.3 Å². The van der Waals surface area contributed by atoms with Crippen molar-refractivity contribution in [3.63, 3.8) is 0 Å². The van der Waals surface area contributed by atoms with E-state index in [2.05, 4.69) is 6.92 Å². The Kier molecular flexibility index (Phi) is 2.90. The highest BCUT2D eigenvalue weighted by Gasteiger charge is 2.40. The predicted octanol–water partition coefficient (Wildman–Crippen LogP) is 1.81. The molecule has 0 saturated carbocycles. The zero-order chi connectivity index (χ0) is 13.6. The Morgan fingerprint density at radius 3 is 2.53 bits per heavy atom. The number of epoxide rings is 1. The summed E-state index contributed by atoms with van der Waals surface area (Å²) < 4.78 is 5.12. The first-order valence-corrected chi connectivity index (χ1v) is 6.79. The number of nitrogens with zero attached hydrogens (tertiary/aromatic N) is 1. The van der Waals surface area contributed by atoms with Crippen LogP contribution in [0, 0.1) is 0 Å². The van der Waals surface area contributed by atoms with Gasteiger partial charge in [-0.1, -0.05) is 19.9 Å². The number of hydrogen-bond acceptors (Lipinski definition) is 3. The number of ether oxygens (including phenoxy) is 1. The molecule has 0 unspecified atom stereocenters. The van der Waals surface area contributed by atoms with E-state index in [9.17, 15) is 9.59 Å². The molecule has 2 amide bonds. The summed E-state index contributed by atoms with van der Waals surface area (Å²) in [6.07, 6.45) is 1.70. The molecule has 2 aliphatic rings. The minimum absolute atomic E-state index is 0.0398. The number of aryl methyl sites for hydroxylation is 1. The van der Waals surface area contributed by atoms with Crippen molar-refractivity contribution in [2.75, 3.05) is 13.2 Å². The lowest BCUT2D eigenvalue weighted by atomic mass is 9.94. The minimum atomic E-state index is -0.173. The van der Waals surface area contributed by atoms with Gasteiger partial charge in [0.25, 0.3) is 11.8 Å². The lowest BCUT2D eigenvalue weighted by molar-refractivity contribution is 0.0642. The van der Waals surface area contributed by atoms with Gasteiger partial charge in [0.1, 0.15) is 0 Å². The molecule has 100 valence electrons. The second kappa shape index (κ2) is 4.46. The maximum atomic E-state index is 12.5. The summed E-state index contributed by atoms with van der Waals surface area (Å²) in [7, 11) is 0. The third-order valence-electron chi connectivity index (χ3n) is 3.87. The van der Waals surface area contributed by atoms with Crippen LogP contribution in [0.3, 0.4) is 0 Å². The molecule has 4 nitrogen and oxygen atoms in total. The van der Waals surface area contributed by atoms with Crippen LogP contribution in [0.25, 0.3) is 0 Å². The minimum Gasteiger partial charge on any atom is -0.371 e. The van der Waals surface area contributed by atoms with Crippen LogP contribution in [-0.2, 0) is 17.6 Å². The normalized spacial score (nSPS) is 20.9. The van der Waals surface area contributed by atoms with E-state index in [-0.39, 0.29) is 17.9 Å². The van der Waals surface area contributed by atoms with E-state index in [1.807, 2.05) is 13.0 Å². The summed E-state index contributed by atoms with van der Waals surface area (Å²) in [5, 5.41) is 0. The van der Waals surface area contributed by atoms with Crippen LogP contribution < -0.4 is 0 Å². The van der Waals surface area contributed by atoms with E-state index in [1.165, 1.54) is 4.90 Å². The highest BCUT2D eigenvalue weighted by Crippen LogP contribution is 2.30. The fourth-order valence-electron chi connectivity index (χ4n) is 2.76. The molecule has 1 aromatic carbocycles. The predicted molar refractivity (Wildman–Crippen MR) is 70.3 cm³/mol. The Labute approximate surface area is 112 Å². The molecule has 0 N–H and O–H groups in total. The third-order valence-corrected chi connectivity index (χ3v) is 3.87. The number of benzene rings is 1. The van der Waals surface area contributed by atoms with Gasteiger partial charge in [0.2, 0.25) is 0 Å². The maximum Gasteiger partial charge on any atom is 0.261 e. The molecule has 1 atom stereocenters. The van der Waals surface area contributed by atoms with Crippen molar-refractivity contribution in [3.8, 4) is 0 Å². The van der Waals surface area contributed by atoms with Gasteiger partial charge in [-0.3, -0.25) is 14.5 Å². The smallest absolute Gasteiger partial charge is 0.261 e. The van der Waals surface area contributed by atoms with Crippen LogP contribution >= 0.6 is 0 Å². The van der Waals surface area contributed by atoms with Crippen LogP contribution in [-0.4, -0.2) is 36.0 Å². The fourth-order valence-corrected chi connectivity index (χ4v) is 2.76. The van der Waals surface area contributed by atoms with Gasteiger partial charge in [-0.25, -0.2) is 0 Å². The van der Waals surface area contributed by atoms with Gasteiger partial charge in [-0.2, -0.15) is 0 Å². The number of rotatable bonds is 4. The van der Waals surface area contributed by atoms with Gasteiger partial charge < -0.3 is 4.74 Å². The molecule has 1 fully saturated rings. The highest BCUT2D eigenvalue weighted by atomic mass is 16.6. The van der Waals surface area contributed by atoms with Crippen molar-refractivity contribution >= 4 is 11.8 Å². The summed E-state index contributed by atoms with van der Waals surface area (Å²) >= 11 is 0. The second-order valence-electron chi connectivity index (χ2n) is 5.01. The molecular weight excluding hydrogens is 242 g/mol.